The summed E-state index contributed by atoms with van der Waals surface area (Å²) in [6, 6.07) is 12.2. The Labute approximate surface area is 129 Å². The highest BCUT2D eigenvalue weighted by molar-refractivity contribution is 7.52. The fourth-order valence-electron chi connectivity index (χ4n) is 2.08. The number of hydrogen-bond acceptors (Lipinski definition) is 4. The van der Waals surface area contributed by atoms with Gasteiger partial charge >= 0.3 is 7.60 Å². The predicted octanol–water partition coefficient (Wildman–Crippen LogP) is 4.86. The number of halogens is 1. The van der Waals surface area contributed by atoms with E-state index in [1.165, 1.54) is 20.3 Å². The first-order valence-corrected chi connectivity index (χ1v) is 8.52. The van der Waals surface area contributed by atoms with E-state index in [0.717, 1.165) is 11.3 Å². The van der Waals surface area contributed by atoms with Crippen LogP contribution in [0.25, 0.3) is 0 Å². The molecule has 2 rings (SSSR count). The maximum Gasteiger partial charge on any atom is 0.334 e. The number of para-hydroxylation sites is 1. The molecule has 0 spiro atoms. The highest BCUT2D eigenvalue weighted by atomic mass is 31.2. The molecule has 2 aromatic rings. The largest absolute Gasteiger partial charge is 0.355 e. The van der Waals surface area contributed by atoms with Crippen molar-refractivity contribution in [2.75, 3.05) is 19.5 Å². The fraction of sp³-hybridized carbons (Fsp3) is 0.250. The lowest BCUT2D eigenvalue weighted by molar-refractivity contribution is 0.275. The van der Waals surface area contributed by atoms with Gasteiger partial charge in [-0.15, -0.1) is 0 Å². The van der Waals surface area contributed by atoms with Gasteiger partial charge in [0.1, 0.15) is 5.82 Å². The van der Waals surface area contributed by atoms with Gasteiger partial charge in [0.25, 0.3) is 0 Å². The molecule has 0 bridgehead atoms. The van der Waals surface area contributed by atoms with Crippen LogP contribution >= 0.6 is 7.60 Å². The van der Waals surface area contributed by atoms with Crippen LogP contribution in [0.15, 0.2) is 42.5 Å². The van der Waals surface area contributed by atoms with E-state index >= 15 is 0 Å². The molecule has 0 fully saturated rings. The molecular formula is C16H19FNO3P. The van der Waals surface area contributed by atoms with E-state index in [1.807, 2.05) is 24.3 Å². The Morgan fingerprint density at radius 2 is 1.68 bits per heavy atom. The summed E-state index contributed by atoms with van der Waals surface area (Å²) in [6.45, 7) is 1.70. The molecule has 0 atom stereocenters. The van der Waals surface area contributed by atoms with Gasteiger partial charge in [-0.25, -0.2) is 4.39 Å². The molecule has 0 radical (unpaired) electrons. The SMILES string of the molecule is COP(=O)(Cc1ccccc1Nc1cccc(F)c1C)OC. The summed E-state index contributed by atoms with van der Waals surface area (Å²) in [6.07, 6.45) is 0.136. The van der Waals surface area contributed by atoms with Crippen LogP contribution in [0.1, 0.15) is 11.1 Å². The Balaban J connectivity index is 2.33. The number of rotatable bonds is 6. The zero-order chi connectivity index (χ0) is 16.2. The predicted molar refractivity (Wildman–Crippen MR) is 86.2 cm³/mol. The first-order chi connectivity index (χ1) is 10.5. The average molecular weight is 323 g/mol. The first kappa shape index (κ1) is 16.7. The van der Waals surface area contributed by atoms with Crippen LogP contribution in [0.3, 0.4) is 0 Å². The van der Waals surface area contributed by atoms with Crippen molar-refractivity contribution in [2.45, 2.75) is 13.1 Å². The molecule has 6 heteroatoms. The normalized spacial score (nSPS) is 11.5. The monoisotopic (exact) mass is 323 g/mol. The summed E-state index contributed by atoms with van der Waals surface area (Å²) in [4.78, 5) is 0. The fourth-order valence-corrected chi connectivity index (χ4v) is 3.18. The summed E-state index contributed by atoms with van der Waals surface area (Å²) in [5.41, 5.74) is 2.71. The molecule has 2 aromatic carbocycles. The second-order valence-electron chi connectivity index (χ2n) is 4.83. The summed E-state index contributed by atoms with van der Waals surface area (Å²) in [5.74, 6) is -0.276. The lowest BCUT2D eigenvalue weighted by atomic mass is 10.1. The Kier molecular flexibility index (Phi) is 5.35. The molecule has 0 aliphatic rings. The zero-order valence-corrected chi connectivity index (χ0v) is 13.7. The van der Waals surface area contributed by atoms with Crippen LogP contribution in [0, 0.1) is 12.7 Å². The molecular weight excluding hydrogens is 304 g/mol. The molecule has 4 nitrogen and oxygen atoms in total. The van der Waals surface area contributed by atoms with Crippen molar-refractivity contribution in [3.05, 3.63) is 59.4 Å². The summed E-state index contributed by atoms with van der Waals surface area (Å²) in [5, 5.41) is 3.18. The van der Waals surface area contributed by atoms with Crippen LogP contribution in [-0.2, 0) is 19.8 Å². The lowest BCUT2D eigenvalue weighted by Crippen LogP contribution is -2.00. The third-order valence-electron chi connectivity index (χ3n) is 3.47. The highest BCUT2D eigenvalue weighted by Gasteiger charge is 2.23. The van der Waals surface area contributed by atoms with E-state index < -0.39 is 7.60 Å². The molecule has 1 N–H and O–H groups in total. The Morgan fingerprint density at radius 1 is 1.05 bits per heavy atom. The molecule has 0 aliphatic heterocycles. The molecule has 0 unspecified atom stereocenters. The first-order valence-electron chi connectivity index (χ1n) is 6.79. The van der Waals surface area contributed by atoms with Gasteiger partial charge in [-0.3, -0.25) is 4.57 Å². The Bertz CT molecular complexity index is 698. The highest BCUT2D eigenvalue weighted by Crippen LogP contribution is 2.50. The van der Waals surface area contributed by atoms with E-state index in [0.29, 0.717) is 11.3 Å². The van der Waals surface area contributed by atoms with E-state index in [2.05, 4.69) is 5.32 Å². The molecule has 0 amide bonds. The molecule has 118 valence electrons. The van der Waals surface area contributed by atoms with Crippen LogP contribution in [0.2, 0.25) is 0 Å². The second-order valence-corrected chi connectivity index (χ2v) is 7.10. The third kappa shape index (κ3) is 3.74. The van der Waals surface area contributed by atoms with Crippen LogP contribution < -0.4 is 5.32 Å². The standard InChI is InChI=1S/C16H19FNO3P/c1-12-14(17)8-6-10-15(12)18-16-9-5-4-7-13(16)11-22(19,20-2)21-3/h4-10,18H,11H2,1-3H3. The summed E-state index contributed by atoms with van der Waals surface area (Å²) < 4.78 is 35.9. The van der Waals surface area contributed by atoms with Gasteiger partial charge in [0, 0.05) is 31.2 Å². The van der Waals surface area contributed by atoms with Gasteiger partial charge in [-0.05, 0) is 30.7 Å². The Hall–Kier alpha value is -1.68. The third-order valence-corrected chi connectivity index (χ3v) is 5.32. The molecule has 0 aromatic heterocycles. The lowest BCUT2D eigenvalue weighted by Gasteiger charge is -2.17. The summed E-state index contributed by atoms with van der Waals surface area (Å²) in [7, 11) is -0.454. The van der Waals surface area contributed by atoms with E-state index in [9.17, 15) is 8.96 Å². The number of hydrogen-bond donors (Lipinski definition) is 1. The van der Waals surface area contributed by atoms with Crippen molar-refractivity contribution in [3.63, 3.8) is 0 Å². The van der Waals surface area contributed by atoms with Crippen LogP contribution in [0.4, 0.5) is 15.8 Å². The van der Waals surface area contributed by atoms with Crippen molar-refractivity contribution in [2.24, 2.45) is 0 Å². The van der Waals surface area contributed by atoms with Gasteiger partial charge in [0.15, 0.2) is 0 Å². The van der Waals surface area contributed by atoms with Crippen molar-refractivity contribution in [3.8, 4) is 0 Å². The minimum Gasteiger partial charge on any atom is -0.355 e. The smallest absolute Gasteiger partial charge is 0.334 e. The molecule has 0 aliphatic carbocycles. The maximum atomic E-state index is 13.6. The van der Waals surface area contributed by atoms with Gasteiger partial charge in [-0.1, -0.05) is 24.3 Å². The summed E-state index contributed by atoms with van der Waals surface area (Å²) >= 11 is 0. The molecule has 0 saturated heterocycles. The zero-order valence-electron chi connectivity index (χ0n) is 12.8. The molecule has 0 saturated carbocycles. The quantitative estimate of drug-likeness (QED) is 0.771. The van der Waals surface area contributed by atoms with Crippen LogP contribution in [-0.4, -0.2) is 14.2 Å². The second kappa shape index (κ2) is 7.05. The van der Waals surface area contributed by atoms with Crippen molar-refractivity contribution in [1.29, 1.82) is 0 Å². The molecule has 0 heterocycles. The number of nitrogens with one attached hydrogen (secondary N) is 1. The van der Waals surface area contributed by atoms with Gasteiger partial charge in [0.2, 0.25) is 0 Å². The van der Waals surface area contributed by atoms with E-state index in [4.69, 9.17) is 9.05 Å². The van der Waals surface area contributed by atoms with E-state index in [-0.39, 0.29) is 12.0 Å². The van der Waals surface area contributed by atoms with Crippen LogP contribution in [0.5, 0.6) is 0 Å². The minimum absolute atomic E-state index is 0.136. The maximum absolute atomic E-state index is 13.6. The van der Waals surface area contributed by atoms with Crippen molar-refractivity contribution >= 4 is 19.0 Å². The Morgan fingerprint density at radius 3 is 2.36 bits per heavy atom. The number of benzene rings is 2. The topological polar surface area (TPSA) is 47.6 Å². The van der Waals surface area contributed by atoms with E-state index in [1.54, 1.807) is 19.1 Å². The van der Waals surface area contributed by atoms with Gasteiger partial charge in [0.05, 0.1) is 6.16 Å². The van der Waals surface area contributed by atoms with Crippen molar-refractivity contribution in [1.82, 2.24) is 0 Å². The molecule has 22 heavy (non-hydrogen) atoms. The average Bonchev–Trinajstić information content (AvgIpc) is 2.53. The minimum atomic E-state index is -3.17. The van der Waals surface area contributed by atoms with Gasteiger partial charge in [-0.2, -0.15) is 0 Å². The van der Waals surface area contributed by atoms with Crippen molar-refractivity contribution < 1.29 is 18.0 Å². The van der Waals surface area contributed by atoms with Gasteiger partial charge < -0.3 is 14.4 Å². The number of anilines is 2.